The van der Waals surface area contributed by atoms with Gasteiger partial charge in [0.15, 0.2) is 5.82 Å². The van der Waals surface area contributed by atoms with Crippen molar-refractivity contribution in [3.63, 3.8) is 0 Å². The van der Waals surface area contributed by atoms with E-state index in [9.17, 15) is 9.59 Å². The Labute approximate surface area is 141 Å². The Morgan fingerprint density at radius 3 is 2.92 bits per heavy atom. The van der Waals surface area contributed by atoms with Crippen molar-refractivity contribution in [2.45, 2.75) is 6.54 Å². The number of nitrogens with zero attached hydrogens (tertiary/aromatic N) is 3. The molecule has 0 fully saturated rings. The molecule has 0 saturated carbocycles. The lowest BCUT2D eigenvalue weighted by Gasteiger charge is -2.08. The van der Waals surface area contributed by atoms with Crippen LogP contribution in [0.2, 0.25) is 5.02 Å². The van der Waals surface area contributed by atoms with Gasteiger partial charge >= 0.3 is 11.7 Å². The zero-order valence-corrected chi connectivity index (χ0v) is 13.4. The van der Waals surface area contributed by atoms with Crippen LogP contribution in [0.5, 0.6) is 0 Å². The van der Waals surface area contributed by atoms with Gasteiger partial charge in [-0.1, -0.05) is 16.8 Å². The highest BCUT2D eigenvalue weighted by molar-refractivity contribution is 6.31. The van der Waals surface area contributed by atoms with Gasteiger partial charge in [0, 0.05) is 23.0 Å². The van der Waals surface area contributed by atoms with Crippen LogP contribution in [0.3, 0.4) is 0 Å². The highest BCUT2D eigenvalue weighted by Crippen LogP contribution is 2.21. The Morgan fingerprint density at radius 1 is 1.38 bits per heavy atom. The van der Waals surface area contributed by atoms with Gasteiger partial charge in [0.25, 0.3) is 0 Å². The molecule has 0 radical (unpaired) electrons. The first-order valence-electron chi connectivity index (χ1n) is 6.94. The third-order valence-electron chi connectivity index (χ3n) is 3.40. The second-order valence-electron chi connectivity index (χ2n) is 4.90. The Hall–Kier alpha value is -2.93. The third-order valence-corrected chi connectivity index (χ3v) is 3.77. The summed E-state index contributed by atoms with van der Waals surface area (Å²) in [5.41, 5.74) is 1.53. The average Bonchev–Trinajstić information content (AvgIpc) is 2.97. The van der Waals surface area contributed by atoms with Gasteiger partial charge in [0.2, 0.25) is 0 Å². The number of aromatic nitrogens is 3. The lowest BCUT2D eigenvalue weighted by Crippen LogP contribution is -2.17. The highest BCUT2D eigenvalue weighted by atomic mass is 35.5. The van der Waals surface area contributed by atoms with Crippen molar-refractivity contribution >= 4 is 17.6 Å². The fourth-order valence-corrected chi connectivity index (χ4v) is 2.40. The van der Waals surface area contributed by atoms with E-state index in [1.165, 1.54) is 11.7 Å². The van der Waals surface area contributed by atoms with Crippen LogP contribution in [0.15, 0.2) is 52.0 Å². The molecule has 0 spiro atoms. The molecule has 7 nitrogen and oxygen atoms in total. The number of carbonyl (C=O) groups excluding carboxylic acids is 1. The highest BCUT2D eigenvalue weighted by Gasteiger charge is 2.16. The predicted molar refractivity (Wildman–Crippen MR) is 85.9 cm³/mol. The first-order chi connectivity index (χ1) is 11.6. The summed E-state index contributed by atoms with van der Waals surface area (Å²) >= 11 is 6.18. The summed E-state index contributed by atoms with van der Waals surface area (Å²) in [5.74, 6) is -0.793. The zero-order chi connectivity index (χ0) is 17.1. The number of hydrogen-bond acceptors (Lipinski definition) is 6. The maximum Gasteiger partial charge on any atom is 0.442 e. The number of hydrogen-bond donors (Lipinski definition) is 0. The first kappa shape index (κ1) is 15.9. The zero-order valence-electron chi connectivity index (χ0n) is 12.6. The normalized spacial score (nSPS) is 10.6. The van der Waals surface area contributed by atoms with E-state index in [0.717, 1.165) is 0 Å². The van der Waals surface area contributed by atoms with Gasteiger partial charge in [-0.05, 0) is 35.9 Å². The monoisotopic (exact) mass is 345 g/mol. The van der Waals surface area contributed by atoms with Gasteiger partial charge in [-0.2, -0.15) is 0 Å². The van der Waals surface area contributed by atoms with Gasteiger partial charge in [-0.25, -0.2) is 9.59 Å². The van der Waals surface area contributed by atoms with Crippen molar-refractivity contribution in [3.05, 3.63) is 69.4 Å². The van der Waals surface area contributed by atoms with E-state index in [1.807, 2.05) is 0 Å². The Bertz CT molecular complexity index is 934. The molecule has 24 heavy (non-hydrogen) atoms. The standard InChI is InChI=1S/C16H12ClN3O4/c1-23-15(21)10-4-5-13(17)12(7-10)9-20-14(19-24-16(20)22)11-3-2-6-18-8-11/h2-8H,9H2,1H3. The molecule has 8 heteroatoms. The number of benzene rings is 1. The molecule has 0 aliphatic rings. The fourth-order valence-electron chi connectivity index (χ4n) is 2.22. The number of rotatable bonds is 4. The fraction of sp³-hybridized carbons (Fsp3) is 0.125. The molecule has 0 amide bonds. The summed E-state index contributed by atoms with van der Waals surface area (Å²) < 4.78 is 10.8. The molecule has 0 aliphatic heterocycles. The molecule has 122 valence electrons. The lowest BCUT2D eigenvalue weighted by molar-refractivity contribution is 0.0600. The minimum Gasteiger partial charge on any atom is -0.465 e. The molecular weight excluding hydrogens is 334 g/mol. The van der Waals surface area contributed by atoms with E-state index in [-0.39, 0.29) is 6.54 Å². The van der Waals surface area contributed by atoms with Gasteiger partial charge < -0.3 is 4.74 Å². The van der Waals surface area contributed by atoms with E-state index >= 15 is 0 Å². The molecule has 3 aromatic rings. The maximum absolute atomic E-state index is 12.0. The van der Waals surface area contributed by atoms with Crippen LogP contribution in [-0.2, 0) is 11.3 Å². The van der Waals surface area contributed by atoms with Crippen molar-refractivity contribution in [1.29, 1.82) is 0 Å². The molecule has 2 aromatic heterocycles. The summed E-state index contributed by atoms with van der Waals surface area (Å²) in [6, 6.07) is 8.18. The third kappa shape index (κ3) is 3.07. The van der Waals surface area contributed by atoms with Crippen LogP contribution in [0.4, 0.5) is 0 Å². The molecule has 0 N–H and O–H groups in total. The number of halogens is 1. The maximum atomic E-state index is 12.0. The van der Waals surface area contributed by atoms with Gasteiger partial charge in [0.1, 0.15) is 0 Å². The molecule has 2 heterocycles. The van der Waals surface area contributed by atoms with E-state index in [2.05, 4.69) is 10.1 Å². The van der Waals surface area contributed by atoms with Gasteiger partial charge in [0.05, 0.1) is 19.2 Å². The Kier molecular flexibility index (Phi) is 4.43. The van der Waals surface area contributed by atoms with E-state index in [0.29, 0.717) is 27.5 Å². The lowest BCUT2D eigenvalue weighted by atomic mass is 10.1. The second kappa shape index (κ2) is 6.67. The van der Waals surface area contributed by atoms with Crippen molar-refractivity contribution in [1.82, 2.24) is 14.7 Å². The average molecular weight is 346 g/mol. The summed E-state index contributed by atoms with van der Waals surface area (Å²) in [6.45, 7) is 0.0935. The Balaban J connectivity index is 2.02. The molecule has 3 rings (SSSR count). The predicted octanol–water partition coefficient (Wildman–Crippen LogP) is 2.39. The summed E-state index contributed by atoms with van der Waals surface area (Å²) in [7, 11) is 1.29. The quantitative estimate of drug-likeness (QED) is 0.675. The van der Waals surface area contributed by atoms with Crippen LogP contribution in [0.1, 0.15) is 15.9 Å². The number of pyridine rings is 1. The van der Waals surface area contributed by atoms with Gasteiger partial charge in [-0.15, -0.1) is 0 Å². The minimum atomic E-state index is -0.631. The molecular formula is C16H12ClN3O4. The molecule has 0 saturated heterocycles. The number of esters is 1. The summed E-state index contributed by atoms with van der Waals surface area (Å²) in [4.78, 5) is 27.6. The SMILES string of the molecule is COC(=O)c1ccc(Cl)c(Cn2c(-c3cccnc3)noc2=O)c1. The van der Waals surface area contributed by atoms with Crippen LogP contribution in [0.25, 0.3) is 11.4 Å². The second-order valence-corrected chi connectivity index (χ2v) is 5.30. The van der Waals surface area contributed by atoms with Crippen LogP contribution < -0.4 is 5.76 Å². The Morgan fingerprint density at radius 2 is 2.21 bits per heavy atom. The number of carbonyl (C=O) groups is 1. The molecule has 0 aliphatic carbocycles. The van der Waals surface area contributed by atoms with Crippen molar-refractivity contribution < 1.29 is 14.1 Å². The van der Waals surface area contributed by atoms with E-state index in [1.54, 1.807) is 42.7 Å². The van der Waals surface area contributed by atoms with E-state index in [4.69, 9.17) is 20.9 Å². The minimum absolute atomic E-state index is 0.0935. The summed E-state index contributed by atoms with van der Waals surface area (Å²) in [6.07, 6.45) is 3.18. The molecule has 0 unspecified atom stereocenters. The van der Waals surface area contributed by atoms with E-state index < -0.39 is 11.7 Å². The van der Waals surface area contributed by atoms with Gasteiger partial charge in [-0.3, -0.25) is 14.1 Å². The first-order valence-corrected chi connectivity index (χ1v) is 7.31. The topological polar surface area (TPSA) is 87.2 Å². The van der Waals surface area contributed by atoms with Crippen LogP contribution >= 0.6 is 11.6 Å². The molecule has 0 atom stereocenters. The van der Waals surface area contributed by atoms with Crippen molar-refractivity contribution in [2.75, 3.05) is 7.11 Å². The largest absolute Gasteiger partial charge is 0.465 e. The van der Waals surface area contributed by atoms with Crippen molar-refractivity contribution in [3.8, 4) is 11.4 Å². The molecule has 0 bridgehead atoms. The van der Waals surface area contributed by atoms with Crippen LogP contribution in [-0.4, -0.2) is 27.8 Å². The molecule has 1 aromatic carbocycles. The number of ether oxygens (including phenoxy) is 1. The van der Waals surface area contributed by atoms with Crippen LogP contribution in [0, 0.1) is 0 Å². The summed E-state index contributed by atoms with van der Waals surface area (Å²) in [5, 5.41) is 4.20. The van der Waals surface area contributed by atoms with Crippen molar-refractivity contribution in [2.24, 2.45) is 0 Å². The number of methoxy groups -OCH3 is 1. The smallest absolute Gasteiger partial charge is 0.442 e.